The summed E-state index contributed by atoms with van der Waals surface area (Å²) in [6.07, 6.45) is 1.05. The number of fused-ring (bicyclic) bond motifs is 1. The summed E-state index contributed by atoms with van der Waals surface area (Å²) in [5, 5.41) is 5.49. The van der Waals surface area contributed by atoms with E-state index in [0.29, 0.717) is 21.6 Å². The number of carbonyl (C=O) groups excluding carboxylic acids is 1. The predicted molar refractivity (Wildman–Crippen MR) is 97.1 cm³/mol. The molecule has 2 aromatic carbocycles. The number of rotatable bonds is 4. The Labute approximate surface area is 146 Å². The number of anilines is 3. The van der Waals surface area contributed by atoms with Gasteiger partial charge >= 0.3 is 6.03 Å². The van der Waals surface area contributed by atoms with Gasteiger partial charge in [-0.2, -0.15) is 0 Å². The number of thiazole rings is 1. The SMILES string of the molecule is CS(=O)(=O)Nc1nc2ccc(NC(=O)Nc3ccc(F)cc3)cc2s1. The number of sulfonamides is 1. The van der Waals surface area contributed by atoms with E-state index in [1.54, 1.807) is 18.2 Å². The van der Waals surface area contributed by atoms with Gasteiger partial charge in [-0.25, -0.2) is 22.6 Å². The number of nitrogens with zero attached hydrogens (tertiary/aromatic N) is 1. The Morgan fingerprint density at radius 3 is 2.40 bits per heavy atom. The highest BCUT2D eigenvalue weighted by Gasteiger charge is 2.10. The molecule has 0 saturated carbocycles. The molecule has 130 valence electrons. The van der Waals surface area contributed by atoms with Crippen molar-refractivity contribution in [2.75, 3.05) is 21.6 Å². The third-order valence-electron chi connectivity index (χ3n) is 3.02. The van der Waals surface area contributed by atoms with Crippen LogP contribution in [-0.2, 0) is 10.0 Å². The Balaban J connectivity index is 1.72. The van der Waals surface area contributed by atoms with E-state index in [1.807, 2.05) is 0 Å². The molecule has 0 spiro atoms. The number of aromatic nitrogens is 1. The minimum absolute atomic E-state index is 0.255. The average molecular weight is 380 g/mol. The lowest BCUT2D eigenvalue weighted by Crippen LogP contribution is -2.19. The van der Waals surface area contributed by atoms with Gasteiger partial charge in [0, 0.05) is 11.4 Å². The predicted octanol–water partition coefficient (Wildman–Crippen LogP) is 3.45. The molecule has 7 nitrogen and oxygen atoms in total. The Bertz CT molecular complexity index is 1030. The van der Waals surface area contributed by atoms with Crippen LogP contribution in [-0.4, -0.2) is 25.7 Å². The van der Waals surface area contributed by atoms with E-state index in [-0.39, 0.29) is 10.9 Å². The van der Waals surface area contributed by atoms with Crippen LogP contribution in [0.1, 0.15) is 0 Å². The van der Waals surface area contributed by atoms with Crippen LogP contribution in [0.3, 0.4) is 0 Å². The normalized spacial score (nSPS) is 11.3. The summed E-state index contributed by atoms with van der Waals surface area (Å²) in [4.78, 5) is 16.1. The summed E-state index contributed by atoms with van der Waals surface area (Å²) >= 11 is 1.16. The molecule has 0 unspecified atom stereocenters. The number of urea groups is 1. The van der Waals surface area contributed by atoms with Crippen LogP contribution in [0.4, 0.5) is 25.7 Å². The number of amides is 2. The van der Waals surface area contributed by atoms with Crippen LogP contribution in [0, 0.1) is 5.82 Å². The van der Waals surface area contributed by atoms with Gasteiger partial charge in [-0.15, -0.1) is 0 Å². The van der Waals surface area contributed by atoms with Crippen LogP contribution in [0.2, 0.25) is 0 Å². The van der Waals surface area contributed by atoms with Crippen molar-refractivity contribution in [3.05, 3.63) is 48.3 Å². The summed E-state index contributed by atoms with van der Waals surface area (Å²) < 4.78 is 38.4. The second kappa shape index (κ2) is 6.65. The van der Waals surface area contributed by atoms with Gasteiger partial charge in [-0.1, -0.05) is 11.3 Å². The largest absolute Gasteiger partial charge is 0.323 e. The molecule has 0 bridgehead atoms. The summed E-state index contributed by atoms with van der Waals surface area (Å²) in [5.74, 6) is -0.389. The molecule has 0 aliphatic rings. The van der Waals surface area contributed by atoms with Crippen LogP contribution in [0.25, 0.3) is 10.2 Å². The molecule has 3 aromatic rings. The summed E-state index contributed by atoms with van der Waals surface area (Å²) in [5.41, 5.74) is 1.58. The fourth-order valence-corrected chi connectivity index (χ4v) is 3.77. The van der Waals surface area contributed by atoms with Gasteiger partial charge < -0.3 is 10.6 Å². The molecule has 0 radical (unpaired) electrons. The van der Waals surface area contributed by atoms with Gasteiger partial charge in [-0.05, 0) is 42.5 Å². The zero-order valence-electron chi connectivity index (χ0n) is 12.9. The molecule has 2 amide bonds. The third-order valence-corrected chi connectivity index (χ3v) is 4.65. The standard InChI is InChI=1S/C15H13FN4O3S2/c1-25(22,23)20-15-19-12-7-6-11(8-13(12)24-15)18-14(21)17-10-4-2-9(16)3-5-10/h2-8H,1H3,(H,19,20)(H2,17,18,21). The summed E-state index contributed by atoms with van der Waals surface area (Å²) in [6.45, 7) is 0. The minimum atomic E-state index is -3.40. The molecule has 1 aromatic heterocycles. The van der Waals surface area contributed by atoms with E-state index in [0.717, 1.165) is 17.6 Å². The van der Waals surface area contributed by atoms with E-state index in [4.69, 9.17) is 0 Å². The van der Waals surface area contributed by atoms with E-state index in [9.17, 15) is 17.6 Å². The van der Waals surface area contributed by atoms with Crippen LogP contribution in [0.5, 0.6) is 0 Å². The molecule has 0 fully saturated rings. The molecule has 25 heavy (non-hydrogen) atoms. The number of hydrogen-bond donors (Lipinski definition) is 3. The fourth-order valence-electron chi connectivity index (χ4n) is 2.03. The molecule has 0 aliphatic carbocycles. The lowest BCUT2D eigenvalue weighted by molar-refractivity contribution is 0.262. The van der Waals surface area contributed by atoms with Gasteiger partial charge in [0.25, 0.3) is 0 Å². The summed E-state index contributed by atoms with van der Waals surface area (Å²) in [6, 6.07) is 9.91. The molecule has 3 rings (SSSR count). The number of hydrogen-bond acceptors (Lipinski definition) is 5. The van der Waals surface area contributed by atoms with Gasteiger partial charge in [0.05, 0.1) is 16.5 Å². The van der Waals surface area contributed by atoms with Crippen molar-refractivity contribution in [2.45, 2.75) is 0 Å². The first kappa shape index (κ1) is 17.1. The molecule has 10 heteroatoms. The highest BCUT2D eigenvalue weighted by Crippen LogP contribution is 2.28. The van der Waals surface area contributed by atoms with Crippen molar-refractivity contribution < 1.29 is 17.6 Å². The van der Waals surface area contributed by atoms with Crippen LogP contribution in [0.15, 0.2) is 42.5 Å². The Morgan fingerprint density at radius 1 is 1.08 bits per heavy atom. The van der Waals surface area contributed by atoms with Crippen molar-refractivity contribution >= 4 is 54.1 Å². The molecule has 1 heterocycles. The molecular formula is C15H13FN4O3S2. The zero-order valence-corrected chi connectivity index (χ0v) is 14.5. The topological polar surface area (TPSA) is 100 Å². The van der Waals surface area contributed by atoms with Gasteiger partial charge in [0.1, 0.15) is 5.82 Å². The number of nitrogens with one attached hydrogen (secondary N) is 3. The monoisotopic (exact) mass is 380 g/mol. The highest BCUT2D eigenvalue weighted by molar-refractivity contribution is 7.92. The van der Waals surface area contributed by atoms with Crippen molar-refractivity contribution in [1.82, 2.24) is 4.98 Å². The summed E-state index contributed by atoms with van der Waals surface area (Å²) in [7, 11) is -3.40. The van der Waals surface area contributed by atoms with Crippen molar-refractivity contribution in [3.8, 4) is 0 Å². The highest BCUT2D eigenvalue weighted by atomic mass is 32.2. The van der Waals surface area contributed by atoms with Crippen molar-refractivity contribution in [1.29, 1.82) is 0 Å². The maximum atomic E-state index is 12.8. The number of benzene rings is 2. The lowest BCUT2D eigenvalue weighted by Gasteiger charge is -2.07. The van der Waals surface area contributed by atoms with Crippen LogP contribution < -0.4 is 15.4 Å². The first-order valence-corrected chi connectivity index (χ1v) is 9.71. The van der Waals surface area contributed by atoms with Crippen LogP contribution >= 0.6 is 11.3 Å². The average Bonchev–Trinajstić information content (AvgIpc) is 2.88. The lowest BCUT2D eigenvalue weighted by atomic mass is 10.3. The molecule has 0 saturated heterocycles. The Morgan fingerprint density at radius 2 is 1.72 bits per heavy atom. The second-order valence-corrected chi connectivity index (χ2v) is 7.94. The maximum absolute atomic E-state index is 12.8. The molecule has 0 atom stereocenters. The van der Waals surface area contributed by atoms with E-state index in [2.05, 4.69) is 20.3 Å². The molecule has 3 N–H and O–H groups in total. The maximum Gasteiger partial charge on any atom is 0.323 e. The van der Waals surface area contributed by atoms with Gasteiger partial charge in [0.2, 0.25) is 10.0 Å². The van der Waals surface area contributed by atoms with E-state index >= 15 is 0 Å². The Hall–Kier alpha value is -2.72. The van der Waals surface area contributed by atoms with Gasteiger partial charge in [0.15, 0.2) is 5.13 Å². The van der Waals surface area contributed by atoms with Crippen molar-refractivity contribution in [3.63, 3.8) is 0 Å². The third kappa shape index (κ3) is 4.64. The first-order valence-electron chi connectivity index (χ1n) is 7.00. The number of halogens is 1. The number of carbonyl (C=O) groups is 1. The van der Waals surface area contributed by atoms with Gasteiger partial charge in [-0.3, -0.25) is 4.72 Å². The molecule has 0 aliphatic heterocycles. The first-order chi connectivity index (χ1) is 11.8. The van der Waals surface area contributed by atoms with E-state index in [1.165, 1.54) is 24.3 Å². The molecular weight excluding hydrogens is 367 g/mol. The Kier molecular flexibility index (Phi) is 4.55. The van der Waals surface area contributed by atoms with E-state index < -0.39 is 16.1 Å². The second-order valence-electron chi connectivity index (χ2n) is 5.16. The smallest absolute Gasteiger partial charge is 0.308 e. The van der Waals surface area contributed by atoms with Crippen molar-refractivity contribution in [2.24, 2.45) is 0 Å². The zero-order chi connectivity index (χ0) is 18.0. The minimum Gasteiger partial charge on any atom is -0.308 e. The quantitative estimate of drug-likeness (QED) is 0.645. The fraction of sp³-hybridized carbons (Fsp3) is 0.0667.